The van der Waals surface area contributed by atoms with E-state index in [1.165, 1.54) is 97.4 Å². The fourth-order valence-electron chi connectivity index (χ4n) is 16.3. The highest BCUT2D eigenvalue weighted by Gasteiger charge is 2.22. The Morgan fingerprint density at radius 1 is 0.308 bits per heavy atom. The number of nitriles is 1. The third-order valence-corrected chi connectivity index (χ3v) is 21.9. The highest BCUT2D eigenvalue weighted by molar-refractivity contribution is 6.10. The zero-order valence-electron chi connectivity index (χ0n) is 64.9. The molecule has 0 saturated carbocycles. The minimum Gasteiger partial charge on any atom is -0.455 e. The summed E-state index contributed by atoms with van der Waals surface area (Å²) in [6.07, 6.45) is 30.3. The fraction of sp³-hybridized carbons (Fsp3) is 0.0625. The number of rotatable bonds is 9. The molecule has 5 nitrogen and oxygen atoms in total. The summed E-state index contributed by atoms with van der Waals surface area (Å²) in [6, 6.07) is 129. The maximum absolute atomic E-state index is 8.86. The van der Waals surface area contributed by atoms with Gasteiger partial charge >= 0.3 is 0 Å². The van der Waals surface area contributed by atoms with E-state index < -0.39 is 0 Å². The lowest BCUT2D eigenvalue weighted by molar-refractivity contribution is 0.601. The van der Waals surface area contributed by atoms with Gasteiger partial charge < -0.3 is 19.5 Å². The molecule has 5 heteroatoms. The Kier molecular flexibility index (Phi) is 22.8. The van der Waals surface area contributed by atoms with Gasteiger partial charge in [-0.1, -0.05) is 419 Å². The first-order valence-corrected chi connectivity index (χ1v) is 40.2. The molecule has 3 heterocycles. The van der Waals surface area contributed by atoms with E-state index in [1.807, 2.05) is 97.1 Å². The molecule has 0 amide bonds. The third-order valence-electron chi connectivity index (χ3n) is 21.9. The van der Waals surface area contributed by atoms with Crippen molar-refractivity contribution in [1.29, 1.82) is 5.26 Å². The highest BCUT2D eigenvalue weighted by atomic mass is 16.3. The lowest BCUT2D eigenvalue weighted by atomic mass is 9.89. The predicted octanol–water partition coefficient (Wildman–Crippen LogP) is 23.4. The Morgan fingerprint density at radius 3 is 0.966 bits per heavy atom. The van der Waals surface area contributed by atoms with E-state index >= 15 is 0 Å². The first kappa shape index (κ1) is 74.7. The van der Waals surface area contributed by atoms with Crippen molar-refractivity contribution < 1.29 is 8.83 Å². The average molecular weight is 1500 g/mol. The standard InChI is InChI=1S/C25H18.C24H16O.C21H16.C20H14O.C13H13N3.C9H8/c1-3-10-18(11-4-1)24-20-14-7-8-15-21(20)25(19-12-5-2-6-13-19)23-17-9-16-22(23)24;1-3-9-17(10-4-1)23-21-15-19-13-7-8-14-20(19)16-22(21)24(25-23)18-11-5-2-6-12-18;1-3-8-16(9-4-1)18-14-15-19(17-10-5-2-6-11-17)21-13-7-12-20(18)21;1-3-9-15(10-4-1)19-17-13-7-8-14-18(17)20(21-19)16-11-5-2-6-12-16;1-2-10(9-14)11-3-5-12(6-4-11)13-15-7-8-16-13;1-2-5-9-7-3-6-8(9)4-1/h1-8,10-17H,9H2;1-16H;1-6,8-15H,7H2;1-14H;1,3-6,10-11,15-16H,7-8H2;1-2,4-7H,3H2. The maximum Gasteiger partial charge on any atom is 0.142 e. The molecule has 0 bridgehead atoms. The number of hydrogen-bond acceptors (Lipinski definition) is 5. The van der Waals surface area contributed by atoms with Gasteiger partial charge in [-0.25, -0.2) is 0 Å². The van der Waals surface area contributed by atoms with E-state index in [2.05, 4.69) is 350 Å². The van der Waals surface area contributed by atoms with Gasteiger partial charge in [0.15, 0.2) is 0 Å². The molecule has 15 aromatic carbocycles. The van der Waals surface area contributed by atoms with Gasteiger partial charge in [0.2, 0.25) is 0 Å². The second-order valence-corrected chi connectivity index (χ2v) is 29.2. The lowest BCUT2D eigenvalue weighted by Gasteiger charge is -2.14. The smallest absolute Gasteiger partial charge is 0.142 e. The molecule has 1 unspecified atom stereocenters. The molecule has 0 radical (unpaired) electrons. The van der Waals surface area contributed by atoms with Gasteiger partial charge in [0.05, 0.1) is 6.07 Å². The van der Waals surface area contributed by atoms with Crippen molar-refractivity contribution in [2.45, 2.75) is 19.3 Å². The van der Waals surface area contributed by atoms with E-state index in [-0.39, 0.29) is 11.8 Å². The largest absolute Gasteiger partial charge is 0.455 e. The number of nitrogens with zero attached hydrogens (tertiary/aromatic N) is 1. The van der Waals surface area contributed by atoms with Crippen LogP contribution in [0.3, 0.4) is 0 Å². The van der Waals surface area contributed by atoms with Gasteiger partial charge in [0.25, 0.3) is 0 Å². The summed E-state index contributed by atoms with van der Waals surface area (Å²) in [5, 5.41) is 33.4. The molecule has 17 aromatic rings. The normalized spacial score (nSPS) is 13.6. The molecule has 1 atom stereocenters. The molecule has 4 aliphatic carbocycles. The van der Waals surface area contributed by atoms with Crippen LogP contribution in [-0.2, 0) is 0 Å². The second-order valence-electron chi connectivity index (χ2n) is 29.2. The highest BCUT2D eigenvalue weighted by Crippen LogP contribution is 2.43. The number of benzene rings is 15. The van der Waals surface area contributed by atoms with Crippen molar-refractivity contribution >= 4 is 79.5 Å². The number of terminal acetylenes is 1. The molecule has 1 aliphatic heterocycles. The van der Waals surface area contributed by atoms with Crippen molar-refractivity contribution in [2.75, 3.05) is 13.1 Å². The molecule has 22 rings (SSSR count). The van der Waals surface area contributed by atoms with Crippen LogP contribution >= 0.6 is 0 Å². The summed E-state index contributed by atoms with van der Waals surface area (Å²) in [4.78, 5) is 0. The molecule has 0 spiro atoms. The Morgan fingerprint density at radius 2 is 0.607 bits per heavy atom. The minimum atomic E-state index is -0.372. The average Bonchev–Trinajstić information content (AvgIpc) is 1.37. The van der Waals surface area contributed by atoms with Gasteiger partial charge in [-0.2, -0.15) is 5.26 Å². The quantitative estimate of drug-likeness (QED) is 0.141. The molecule has 1 saturated heterocycles. The molecule has 5 aliphatic rings. The Bertz CT molecular complexity index is 6610. The molecule has 2 N–H and O–H groups in total. The fourth-order valence-corrected chi connectivity index (χ4v) is 16.3. The van der Waals surface area contributed by atoms with Crippen LogP contribution in [0.4, 0.5) is 0 Å². The molecular formula is C112H85N3O2. The molecule has 117 heavy (non-hydrogen) atoms. The Hall–Kier alpha value is -15.0. The lowest BCUT2D eigenvalue weighted by Crippen LogP contribution is -2.26. The van der Waals surface area contributed by atoms with Crippen molar-refractivity contribution in [1.82, 2.24) is 10.6 Å². The summed E-state index contributed by atoms with van der Waals surface area (Å²) in [7, 11) is 0. The van der Waals surface area contributed by atoms with E-state index in [0.717, 1.165) is 111 Å². The number of fused-ring (bicyclic) bond motifs is 7. The third kappa shape index (κ3) is 16.5. The molecule has 560 valence electrons. The SMILES string of the molecule is C#CC(C#N)C1C=CC(=C2NCCN2)C=C1.C1=c2c(-c3ccccc3)c3ccccc3c(-c3ccccc3)c2=CC1.C1=c2c(-c3ccccc3)ccc(-c3ccccc3)c2=CC1.C1=c2ccccc2=CC1.c1ccc(-c2oc(-c3ccccc3)c3cc4ccccc4cc23)cc1.c1ccc(-c2oc(-c3ccccc3)c3ccccc23)cc1. The summed E-state index contributed by atoms with van der Waals surface area (Å²) in [6.45, 7) is 1.91. The van der Waals surface area contributed by atoms with Crippen LogP contribution in [0.25, 0.3) is 169 Å². The second kappa shape index (κ2) is 35.8. The van der Waals surface area contributed by atoms with Gasteiger partial charge in [0, 0.05) is 68.4 Å². The number of hydrogen-bond donors (Lipinski definition) is 2. The van der Waals surface area contributed by atoms with Gasteiger partial charge in [-0.05, 0) is 129 Å². The predicted molar refractivity (Wildman–Crippen MR) is 491 cm³/mol. The molecule has 1 fully saturated rings. The zero-order valence-corrected chi connectivity index (χ0v) is 64.9. The van der Waals surface area contributed by atoms with E-state index in [9.17, 15) is 0 Å². The van der Waals surface area contributed by atoms with Crippen molar-refractivity contribution in [3.05, 3.63) is 431 Å². The van der Waals surface area contributed by atoms with Crippen molar-refractivity contribution in [2.24, 2.45) is 11.8 Å². The summed E-state index contributed by atoms with van der Waals surface area (Å²) >= 11 is 0. The first-order valence-electron chi connectivity index (χ1n) is 40.2. The van der Waals surface area contributed by atoms with Crippen LogP contribution in [0.1, 0.15) is 19.3 Å². The number of furan rings is 2. The Balaban J connectivity index is 0.000000103. The molecular weight excluding hydrogens is 1420 g/mol. The van der Waals surface area contributed by atoms with Crippen LogP contribution in [0.2, 0.25) is 0 Å². The summed E-state index contributed by atoms with van der Waals surface area (Å²) in [5.41, 5.74) is 16.1. The van der Waals surface area contributed by atoms with E-state index in [1.54, 1.807) is 0 Å². The van der Waals surface area contributed by atoms with Crippen LogP contribution in [0, 0.1) is 35.5 Å². The van der Waals surface area contributed by atoms with Gasteiger partial charge in [0.1, 0.15) is 34.8 Å². The molecule has 2 aromatic heterocycles. The first-order chi connectivity index (χ1) is 58.0. The number of nitrogens with one attached hydrogen (secondary N) is 2. The van der Waals surface area contributed by atoms with Crippen molar-refractivity contribution in [3.63, 3.8) is 0 Å². The monoisotopic (exact) mass is 1500 g/mol. The van der Waals surface area contributed by atoms with Crippen LogP contribution in [0.5, 0.6) is 0 Å². The van der Waals surface area contributed by atoms with Crippen molar-refractivity contribution in [3.8, 4) is 108 Å². The van der Waals surface area contributed by atoms with Gasteiger partial charge in [-0.15, -0.1) is 6.42 Å². The summed E-state index contributed by atoms with van der Waals surface area (Å²) in [5.74, 6) is 6.94. The van der Waals surface area contributed by atoms with Crippen LogP contribution < -0.4 is 41.9 Å². The van der Waals surface area contributed by atoms with E-state index in [0.29, 0.717) is 0 Å². The van der Waals surface area contributed by atoms with Crippen LogP contribution in [0.15, 0.2) is 409 Å². The zero-order chi connectivity index (χ0) is 78.9. The van der Waals surface area contributed by atoms with Crippen LogP contribution in [-0.4, -0.2) is 13.1 Å². The van der Waals surface area contributed by atoms with E-state index in [4.69, 9.17) is 20.5 Å². The number of allylic oxidation sites excluding steroid dienone is 5. The van der Waals surface area contributed by atoms with Gasteiger partial charge in [-0.3, -0.25) is 0 Å². The Labute approximate surface area is 683 Å². The maximum atomic E-state index is 8.86. The minimum absolute atomic E-state index is 0.0285. The topological polar surface area (TPSA) is 74.1 Å². The summed E-state index contributed by atoms with van der Waals surface area (Å²) < 4.78 is 12.6.